The second kappa shape index (κ2) is 5.03. The van der Waals surface area contributed by atoms with Gasteiger partial charge in [-0.15, -0.1) is 0 Å². The lowest BCUT2D eigenvalue weighted by Gasteiger charge is -2.19. The SMILES string of the molecule is FC(F)(F)c1nc(=S)cc(-c2ccc3c(c2)OCCO3)[nH]1. The molecule has 1 aromatic heterocycles. The van der Waals surface area contributed by atoms with E-state index in [2.05, 4.69) is 9.97 Å². The van der Waals surface area contributed by atoms with Crippen LogP contribution in [0, 0.1) is 4.64 Å². The molecule has 0 unspecified atom stereocenters. The van der Waals surface area contributed by atoms with Crippen molar-refractivity contribution in [2.24, 2.45) is 0 Å². The zero-order valence-corrected chi connectivity index (χ0v) is 11.3. The summed E-state index contributed by atoms with van der Waals surface area (Å²) in [5, 5.41) is 0. The monoisotopic (exact) mass is 314 g/mol. The summed E-state index contributed by atoms with van der Waals surface area (Å²) in [5.74, 6) is -0.0722. The third kappa shape index (κ3) is 2.85. The first kappa shape index (κ1) is 13.9. The molecule has 0 radical (unpaired) electrons. The third-order valence-corrected chi connectivity index (χ3v) is 3.07. The highest BCUT2D eigenvalue weighted by Crippen LogP contribution is 2.35. The molecule has 0 saturated carbocycles. The van der Waals surface area contributed by atoms with Crippen LogP contribution in [0.25, 0.3) is 11.3 Å². The normalized spacial score (nSPS) is 14.0. The van der Waals surface area contributed by atoms with Crippen LogP contribution < -0.4 is 9.47 Å². The lowest BCUT2D eigenvalue weighted by molar-refractivity contribution is -0.144. The third-order valence-electron chi connectivity index (χ3n) is 2.86. The van der Waals surface area contributed by atoms with Crippen LogP contribution in [0.15, 0.2) is 24.3 Å². The maximum Gasteiger partial charge on any atom is 0.449 e. The number of aromatic nitrogens is 2. The van der Waals surface area contributed by atoms with Gasteiger partial charge in [0.15, 0.2) is 11.5 Å². The van der Waals surface area contributed by atoms with Crippen LogP contribution in [-0.4, -0.2) is 23.2 Å². The Morgan fingerprint density at radius 3 is 2.52 bits per heavy atom. The number of H-pyrrole nitrogens is 1. The van der Waals surface area contributed by atoms with Gasteiger partial charge in [-0.3, -0.25) is 0 Å². The highest BCUT2D eigenvalue weighted by molar-refractivity contribution is 7.71. The number of alkyl halides is 3. The molecule has 21 heavy (non-hydrogen) atoms. The molecule has 0 spiro atoms. The summed E-state index contributed by atoms with van der Waals surface area (Å²) < 4.78 is 48.9. The van der Waals surface area contributed by atoms with Crippen molar-refractivity contribution in [3.63, 3.8) is 0 Å². The molecule has 110 valence electrons. The maximum absolute atomic E-state index is 12.8. The van der Waals surface area contributed by atoms with Gasteiger partial charge in [0.05, 0.1) is 5.69 Å². The smallest absolute Gasteiger partial charge is 0.449 e. The summed E-state index contributed by atoms with van der Waals surface area (Å²) in [6.07, 6.45) is -4.59. The molecule has 2 heterocycles. The Bertz CT molecular complexity index is 743. The fourth-order valence-electron chi connectivity index (χ4n) is 1.96. The van der Waals surface area contributed by atoms with Crippen molar-refractivity contribution < 1.29 is 22.6 Å². The minimum absolute atomic E-state index is 0.133. The Balaban J connectivity index is 2.08. The standard InChI is InChI=1S/C13H9F3N2O2S/c14-13(15,16)12-17-8(6-11(21)18-12)7-1-2-9-10(5-7)20-4-3-19-9/h1-2,5-6H,3-4H2,(H,17,18,21). The predicted molar refractivity (Wildman–Crippen MR) is 70.8 cm³/mol. The molecule has 1 aromatic carbocycles. The predicted octanol–water partition coefficient (Wildman–Crippen LogP) is 3.60. The van der Waals surface area contributed by atoms with E-state index in [4.69, 9.17) is 21.7 Å². The van der Waals surface area contributed by atoms with Gasteiger partial charge < -0.3 is 14.5 Å². The lowest BCUT2D eigenvalue weighted by atomic mass is 10.1. The van der Waals surface area contributed by atoms with Gasteiger partial charge in [0.2, 0.25) is 5.82 Å². The summed E-state index contributed by atoms with van der Waals surface area (Å²) in [4.78, 5) is 5.55. The second-order valence-electron chi connectivity index (χ2n) is 4.34. The Kier molecular flexibility index (Phi) is 3.32. The molecule has 1 aliphatic rings. The summed E-state index contributed by atoms with van der Waals surface area (Å²) in [6, 6.07) is 6.26. The molecule has 1 N–H and O–H groups in total. The molecule has 8 heteroatoms. The molecule has 1 aliphatic heterocycles. The van der Waals surface area contributed by atoms with Crippen molar-refractivity contribution in [1.29, 1.82) is 0 Å². The lowest BCUT2D eigenvalue weighted by Crippen LogP contribution is -2.15. The highest BCUT2D eigenvalue weighted by atomic mass is 32.1. The van der Waals surface area contributed by atoms with E-state index in [1.165, 1.54) is 6.07 Å². The number of aromatic amines is 1. The van der Waals surface area contributed by atoms with E-state index < -0.39 is 12.0 Å². The van der Waals surface area contributed by atoms with E-state index in [0.717, 1.165) is 0 Å². The molecule has 2 aromatic rings. The average Bonchev–Trinajstić information content (AvgIpc) is 2.45. The number of nitrogens with zero attached hydrogens (tertiary/aromatic N) is 1. The highest BCUT2D eigenvalue weighted by Gasteiger charge is 2.34. The van der Waals surface area contributed by atoms with Crippen LogP contribution in [0.2, 0.25) is 0 Å². The quantitative estimate of drug-likeness (QED) is 0.817. The number of halogens is 3. The van der Waals surface area contributed by atoms with E-state index in [-0.39, 0.29) is 10.3 Å². The van der Waals surface area contributed by atoms with Crippen LogP contribution in [0.3, 0.4) is 0 Å². The number of benzene rings is 1. The minimum Gasteiger partial charge on any atom is -0.486 e. The largest absolute Gasteiger partial charge is 0.486 e. The first-order valence-corrected chi connectivity index (χ1v) is 6.43. The molecule has 4 nitrogen and oxygen atoms in total. The molecule has 0 fully saturated rings. The van der Waals surface area contributed by atoms with E-state index in [0.29, 0.717) is 30.3 Å². The van der Waals surface area contributed by atoms with Crippen molar-refractivity contribution in [2.75, 3.05) is 13.2 Å². The Morgan fingerprint density at radius 2 is 1.81 bits per heavy atom. The Hall–Kier alpha value is -2.09. The number of fused-ring (bicyclic) bond motifs is 1. The summed E-state index contributed by atoms with van der Waals surface area (Å²) in [7, 11) is 0. The van der Waals surface area contributed by atoms with Gasteiger partial charge in [0.25, 0.3) is 0 Å². The Labute approximate surface area is 122 Å². The van der Waals surface area contributed by atoms with Crippen molar-refractivity contribution in [3.05, 3.63) is 34.7 Å². The molecular weight excluding hydrogens is 305 g/mol. The van der Waals surface area contributed by atoms with Gasteiger partial charge in [-0.2, -0.15) is 13.2 Å². The van der Waals surface area contributed by atoms with Gasteiger partial charge in [-0.25, -0.2) is 4.98 Å². The van der Waals surface area contributed by atoms with Crippen LogP contribution in [0.5, 0.6) is 11.5 Å². The van der Waals surface area contributed by atoms with Gasteiger partial charge in [-0.05, 0) is 24.3 Å². The van der Waals surface area contributed by atoms with Crippen LogP contribution in [0.1, 0.15) is 5.82 Å². The van der Waals surface area contributed by atoms with Crippen LogP contribution in [0.4, 0.5) is 13.2 Å². The number of ether oxygens (including phenoxy) is 2. The zero-order valence-electron chi connectivity index (χ0n) is 10.5. The second-order valence-corrected chi connectivity index (χ2v) is 4.76. The van der Waals surface area contributed by atoms with Crippen molar-refractivity contribution in [3.8, 4) is 22.8 Å². The van der Waals surface area contributed by atoms with Crippen LogP contribution in [-0.2, 0) is 6.18 Å². The van der Waals surface area contributed by atoms with Gasteiger partial charge in [-0.1, -0.05) is 12.2 Å². The molecule has 0 aliphatic carbocycles. The van der Waals surface area contributed by atoms with E-state index in [1.54, 1.807) is 18.2 Å². The van der Waals surface area contributed by atoms with E-state index in [9.17, 15) is 13.2 Å². The van der Waals surface area contributed by atoms with E-state index >= 15 is 0 Å². The zero-order chi connectivity index (χ0) is 15.0. The summed E-state index contributed by atoms with van der Waals surface area (Å²) in [5.41, 5.74) is 0.734. The van der Waals surface area contributed by atoms with Crippen molar-refractivity contribution >= 4 is 12.2 Å². The maximum atomic E-state index is 12.8. The van der Waals surface area contributed by atoms with Crippen molar-refractivity contribution in [2.45, 2.75) is 6.18 Å². The number of hydrogen-bond acceptors (Lipinski definition) is 4. The first-order chi connectivity index (χ1) is 9.93. The molecular formula is C13H9F3N2O2S. The Morgan fingerprint density at radius 1 is 1.10 bits per heavy atom. The molecule has 3 rings (SSSR count). The molecule has 0 saturated heterocycles. The van der Waals surface area contributed by atoms with Gasteiger partial charge in [0.1, 0.15) is 17.9 Å². The van der Waals surface area contributed by atoms with Gasteiger partial charge >= 0.3 is 6.18 Å². The molecule has 0 bridgehead atoms. The van der Waals surface area contributed by atoms with Gasteiger partial charge in [0, 0.05) is 5.56 Å². The van der Waals surface area contributed by atoms with E-state index in [1.807, 2.05) is 0 Å². The fourth-order valence-corrected chi connectivity index (χ4v) is 2.17. The molecule has 0 amide bonds. The minimum atomic E-state index is -4.59. The number of hydrogen-bond donors (Lipinski definition) is 1. The first-order valence-electron chi connectivity index (χ1n) is 6.02. The van der Waals surface area contributed by atoms with Crippen molar-refractivity contribution in [1.82, 2.24) is 9.97 Å². The topological polar surface area (TPSA) is 47.1 Å². The average molecular weight is 314 g/mol. The number of nitrogens with one attached hydrogen (secondary N) is 1. The number of rotatable bonds is 1. The summed E-state index contributed by atoms with van der Waals surface area (Å²) in [6.45, 7) is 0.846. The fraction of sp³-hybridized carbons (Fsp3) is 0.231. The summed E-state index contributed by atoms with van der Waals surface area (Å²) >= 11 is 4.79. The molecule has 0 atom stereocenters. The van der Waals surface area contributed by atoms with Crippen LogP contribution >= 0.6 is 12.2 Å².